The van der Waals surface area contributed by atoms with Crippen LogP contribution < -0.4 is 29.5 Å². The smallest absolute Gasteiger partial charge is 0.490 e. The van der Waals surface area contributed by atoms with Crippen molar-refractivity contribution in [3.63, 3.8) is 0 Å². The molecule has 3 N–H and O–H groups in total. The SMILES string of the molecule is Cn1c(=O)n(C2CCC(=O)NC2=O)c2ccc(C3CCN(CCCCCCOc4ccc5cc(OCc6ccccc6)c(N6CC(=O)NS6(=O)=O)c(F)c5c4)CC3)cc21.O=C(O)C(F)(F)F. The molecule has 1 unspecified atom stereocenters. The number of halogens is 4. The zero-order chi connectivity index (χ0) is 47.3. The Morgan fingerprint density at radius 3 is 2.24 bits per heavy atom. The van der Waals surface area contributed by atoms with Gasteiger partial charge in [-0.05, 0) is 105 Å². The van der Waals surface area contributed by atoms with E-state index in [1.165, 1.54) is 10.1 Å². The molecule has 4 heterocycles. The number of aromatic nitrogens is 2. The van der Waals surface area contributed by atoms with Crippen LogP contribution in [0.15, 0.2) is 77.6 Å². The van der Waals surface area contributed by atoms with E-state index in [-0.39, 0.29) is 41.4 Å². The number of carboxylic acids is 1. The number of imide groups is 1. The van der Waals surface area contributed by atoms with E-state index >= 15 is 4.39 Å². The number of likely N-dealkylation sites (tertiary alicyclic amines) is 1. The molecule has 8 rings (SSSR count). The first-order valence-electron chi connectivity index (χ1n) is 21.4. The summed E-state index contributed by atoms with van der Waals surface area (Å²) in [4.78, 5) is 60.9. The average Bonchev–Trinajstić information content (AvgIpc) is 3.70. The minimum Gasteiger partial charge on any atom is -0.494 e. The number of unbranched alkanes of at least 4 members (excludes halogenated alkanes) is 3. The van der Waals surface area contributed by atoms with Gasteiger partial charge in [-0.3, -0.25) is 28.8 Å². The summed E-state index contributed by atoms with van der Waals surface area (Å²) >= 11 is 0. The van der Waals surface area contributed by atoms with Crippen molar-refractivity contribution in [3.05, 3.63) is 100 Å². The number of imidazole rings is 1. The molecule has 3 aliphatic heterocycles. The van der Waals surface area contributed by atoms with Crippen LogP contribution in [0.2, 0.25) is 0 Å². The fourth-order valence-corrected chi connectivity index (χ4v) is 9.61. The van der Waals surface area contributed by atoms with E-state index in [4.69, 9.17) is 19.4 Å². The summed E-state index contributed by atoms with van der Waals surface area (Å²) in [5, 5.41) is 10.1. The van der Waals surface area contributed by atoms with Crippen LogP contribution in [0.4, 0.5) is 23.2 Å². The number of carbonyl (C=O) groups is 4. The standard InChI is InChI=1S/C43H47FN6O8S.C2HF3O2/c1-47-36-23-30(12-14-34(36)50(43(47)54)35-15-16-38(51)45-42(35)53)29-17-20-48(21-18-29)19-7-2-3-8-22-57-32-13-11-31-24-37(58-27-28-9-5-4-6-10-28)41(40(44)33(31)25-32)49-26-39(52)46-59(49,55)56;3-2(4,5)1(6)7/h4-6,9-14,23-25,29,35H,2-3,7-8,15-22,26-27H2,1H3,(H,46,52)(H,45,51,53);(H,6,7). The van der Waals surface area contributed by atoms with E-state index in [0.717, 1.165) is 69.2 Å². The Bertz CT molecular complexity index is 2810. The second kappa shape index (κ2) is 19.9. The van der Waals surface area contributed by atoms with E-state index in [0.29, 0.717) is 39.9 Å². The van der Waals surface area contributed by atoms with Crippen molar-refractivity contribution >= 4 is 61.4 Å². The van der Waals surface area contributed by atoms with Gasteiger partial charge in [0.1, 0.15) is 36.4 Å². The Hall–Kier alpha value is -6.48. The molecule has 352 valence electrons. The highest BCUT2D eigenvalue weighted by atomic mass is 32.2. The minimum atomic E-state index is -5.08. The first-order chi connectivity index (χ1) is 31.4. The number of anilines is 1. The molecule has 0 spiro atoms. The van der Waals surface area contributed by atoms with Gasteiger partial charge in [0.05, 0.1) is 17.6 Å². The largest absolute Gasteiger partial charge is 0.494 e. The van der Waals surface area contributed by atoms with Gasteiger partial charge in [0, 0.05) is 18.9 Å². The van der Waals surface area contributed by atoms with Crippen LogP contribution in [-0.2, 0) is 43.0 Å². The van der Waals surface area contributed by atoms with E-state index in [2.05, 4.69) is 22.3 Å². The number of carboxylic acid groups (broad SMARTS) is 1. The molecular weight excluding hydrogens is 893 g/mol. The highest BCUT2D eigenvalue weighted by molar-refractivity contribution is 7.92. The van der Waals surface area contributed by atoms with Crippen molar-refractivity contribution < 1.29 is 59.7 Å². The zero-order valence-electron chi connectivity index (χ0n) is 35.8. The quantitative estimate of drug-likeness (QED) is 0.0689. The molecule has 3 amide bonds. The topological polar surface area (TPSA) is 199 Å². The first-order valence-corrected chi connectivity index (χ1v) is 22.8. The van der Waals surface area contributed by atoms with Gasteiger partial charge in [-0.1, -0.05) is 55.3 Å². The third-order valence-corrected chi connectivity index (χ3v) is 13.2. The van der Waals surface area contributed by atoms with Crippen LogP contribution in [0.3, 0.4) is 0 Å². The van der Waals surface area contributed by atoms with Crippen molar-refractivity contribution in [1.29, 1.82) is 0 Å². The molecule has 3 saturated heterocycles. The van der Waals surface area contributed by atoms with Crippen molar-refractivity contribution in [2.75, 3.05) is 37.1 Å². The van der Waals surface area contributed by atoms with Gasteiger partial charge in [0.2, 0.25) is 11.8 Å². The lowest BCUT2D eigenvalue weighted by Crippen LogP contribution is -2.44. The molecule has 3 aliphatic rings. The summed E-state index contributed by atoms with van der Waals surface area (Å²) < 4.78 is 91.3. The Labute approximate surface area is 376 Å². The lowest BCUT2D eigenvalue weighted by atomic mass is 9.89. The third kappa shape index (κ3) is 10.8. The second-order valence-electron chi connectivity index (χ2n) is 16.3. The third-order valence-electron chi connectivity index (χ3n) is 11.9. The number of hydrogen-bond donors (Lipinski definition) is 3. The summed E-state index contributed by atoms with van der Waals surface area (Å²) in [6, 6.07) is 21.2. The molecule has 0 bridgehead atoms. The highest BCUT2D eigenvalue weighted by Gasteiger charge is 2.39. The molecule has 16 nitrogen and oxygen atoms in total. The Kier molecular flexibility index (Phi) is 14.4. The first kappa shape index (κ1) is 47.5. The predicted octanol–water partition coefficient (Wildman–Crippen LogP) is 5.82. The van der Waals surface area contributed by atoms with Crippen LogP contribution >= 0.6 is 0 Å². The molecule has 21 heteroatoms. The number of nitrogens with one attached hydrogen (secondary N) is 2. The predicted molar refractivity (Wildman–Crippen MR) is 234 cm³/mol. The zero-order valence-corrected chi connectivity index (χ0v) is 36.6. The minimum absolute atomic E-state index is 0.00408. The molecule has 3 fully saturated rings. The van der Waals surface area contributed by atoms with Crippen molar-refractivity contribution in [2.24, 2.45) is 7.05 Å². The number of aliphatic carboxylic acids is 1. The molecule has 1 atom stereocenters. The number of rotatable bonds is 14. The van der Waals surface area contributed by atoms with E-state index in [9.17, 15) is 40.8 Å². The normalized spacial score (nSPS) is 17.9. The van der Waals surface area contributed by atoms with Crippen LogP contribution in [0.1, 0.15) is 74.5 Å². The van der Waals surface area contributed by atoms with E-state index in [1.54, 1.807) is 35.9 Å². The molecular formula is C45H48F4N6O10S. The lowest BCUT2D eigenvalue weighted by molar-refractivity contribution is -0.192. The number of benzene rings is 4. The number of nitrogens with zero attached hydrogens (tertiary/aromatic N) is 4. The maximum Gasteiger partial charge on any atom is 0.490 e. The van der Waals surface area contributed by atoms with Gasteiger partial charge in [0.25, 0.3) is 5.91 Å². The van der Waals surface area contributed by atoms with E-state index < -0.39 is 52.6 Å². The number of hydrogen-bond acceptors (Lipinski definition) is 10. The van der Waals surface area contributed by atoms with Crippen molar-refractivity contribution in [2.45, 2.75) is 76.1 Å². The fraction of sp³-hybridized carbons (Fsp3) is 0.400. The fourth-order valence-electron chi connectivity index (χ4n) is 8.45. The lowest BCUT2D eigenvalue weighted by Gasteiger charge is -2.32. The van der Waals surface area contributed by atoms with E-state index in [1.807, 2.05) is 41.1 Å². The van der Waals surface area contributed by atoms with Crippen LogP contribution in [0.5, 0.6) is 11.5 Å². The highest BCUT2D eigenvalue weighted by Crippen LogP contribution is 2.41. The van der Waals surface area contributed by atoms with Gasteiger partial charge in [-0.15, -0.1) is 0 Å². The van der Waals surface area contributed by atoms with Gasteiger partial charge in [-0.2, -0.15) is 21.6 Å². The number of amides is 3. The molecule has 4 aromatic carbocycles. The summed E-state index contributed by atoms with van der Waals surface area (Å²) in [5.74, 6) is -4.25. The van der Waals surface area contributed by atoms with Crippen molar-refractivity contribution in [1.82, 2.24) is 24.1 Å². The number of piperidine rings is 2. The monoisotopic (exact) mass is 940 g/mol. The summed E-state index contributed by atoms with van der Waals surface area (Å²) in [6.07, 6.45) is 1.34. The Morgan fingerprint density at radius 2 is 1.58 bits per heavy atom. The Morgan fingerprint density at radius 1 is 0.864 bits per heavy atom. The van der Waals surface area contributed by atoms with Gasteiger partial charge >= 0.3 is 28.0 Å². The maximum absolute atomic E-state index is 16.3. The number of carbonyl (C=O) groups excluding carboxylic acids is 3. The van der Waals surface area contributed by atoms with Gasteiger partial charge < -0.3 is 19.5 Å². The molecule has 1 aromatic heterocycles. The summed E-state index contributed by atoms with van der Waals surface area (Å²) in [5.41, 5.74) is 2.90. The van der Waals surface area contributed by atoms with Gasteiger partial charge in [-0.25, -0.2) is 23.0 Å². The molecule has 66 heavy (non-hydrogen) atoms. The molecule has 0 radical (unpaired) electrons. The second-order valence-corrected chi connectivity index (χ2v) is 17.9. The molecule has 0 saturated carbocycles. The Balaban J connectivity index is 0.000000858. The summed E-state index contributed by atoms with van der Waals surface area (Å²) in [7, 11) is -2.58. The van der Waals surface area contributed by atoms with Crippen LogP contribution in [0, 0.1) is 5.82 Å². The van der Waals surface area contributed by atoms with Crippen LogP contribution in [0.25, 0.3) is 21.8 Å². The van der Waals surface area contributed by atoms with Gasteiger partial charge in [0.15, 0.2) is 5.82 Å². The molecule has 5 aromatic rings. The average molecular weight is 941 g/mol. The number of alkyl halides is 3. The number of aryl methyl sites for hydroxylation is 1. The maximum atomic E-state index is 16.3. The number of ether oxygens (including phenoxy) is 2. The number of fused-ring (bicyclic) bond motifs is 2. The van der Waals surface area contributed by atoms with Crippen molar-refractivity contribution in [3.8, 4) is 11.5 Å². The van der Waals surface area contributed by atoms with Crippen LogP contribution in [-0.4, -0.2) is 90.2 Å². The molecule has 0 aliphatic carbocycles. The summed E-state index contributed by atoms with van der Waals surface area (Å²) in [6.45, 7) is 2.93.